The minimum absolute atomic E-state index is 0.00140. The fourth-order valence-electron chi connectivity index (χ4n) is 3.27. The van der Waals surface area contributed by atoms with Gasteiger partial charge in [0, 0.05) is 30.3 Å². The number of aromatic nitrogens is 2. The zero-order valence-electron chi connectivity index (χ0n) is 17.2. The summed E-state index contributed by atoms with van der Waals surface area (Å²) in [5.41, 5.74) is 1.34. The van der Waals surface area contributed by atoms with Gasteiger partial charge in [-0.2, -0.15) is 0 Å². The van der Waals surface area contributed by atoms with E-state index in [0.29, 0.717) is 26.5 Å². The van der Waals surface area contributed by atoms with Crippen molar-refractivity contribution in [3.63, 3.8) is 0 Å². The Morgan fingerprint density at radius 2 is 2.00 bits per heavy atom. The summed E-state index contributed by atoms with van der Waals surface area (Å²) in [5.74, 6) is -0.0120. The number of hydrogen-bond acceptors (Lipinski definition) is 8. The first-order valence-corrected chi connectivity index (χ1v) is 11.6. The number of ether oxygens (including phenoxy) is 1. The van der Waals surface area contributed by atoms with Gasteiger partial charge in [0.05, 0.1) is 18.8 Å². The fraction of sp³-hybridized carbons (Fsp3) is 0.227. The topological polar surface area (TPSA) is 101 Å². The Bertz CT molecular complexity index is 1140. The summed E-state index contributed by atoms with van der Waals surface area (Å²) in [5, 5.41) is 11.1. The van der Waals surface area contributed by atoms with Crippen LogP contribution in [-0.4, -0.2) is 47.2 Å². The summed E-state index contributed by atoms with van der Waals surface area (Å²) >= 11 is 2.48. The maximum absolute atomic E-state index is 12.7. The first-order valence-electron chi connectivity index (χ1n) is 9.83. The van der Waals surface area contributed by atoms with Crippen molar-refractivity contribution in [2.75, 3.05) is 29.6 Å². The molecule has 0 aliphatic carbocycles. The van der Waals surface area contributed by atoms with Crippen molar-refractivity contribution in [3.8, 4) is 5.75 Å². The summed E-state index contributed by atoms with van der Waals surface area (Å²) in [6, 6.07) is 16.2. The smallest absolute Gasteiger partial charge is 0.231 e. The van der Waals surface area contributed by atoms with Gasteiger partial charge in [-0.1, -0.05) is 59.5 Å². The van der Waals surface area contributed by atoms with E-state index in [9.17, 15) is 14.4 Å². The molecule has 164 valence electrons. The highest BCUT2D eigenvalue weighted by atomic mass is 32.2. The third kappa shape index (κ3) is 5.14. The molecule has 10 heteroatoms. The van der Waals surface area contributed by atoms with E-state index in [1.165, 1.54) is 23.1 Å². The van der Waals surface area contributed by atoms with E-state index in [2.05, 4.69) is 15.5 Å². The van der Waals surface area contributed by atoms with Crippen molar-refractivity contribution >= 4 is 51.5 Å². The van der Waals surface area contributed by atoms with E-state index in [4.69, 9.17) is 4.74 Å². The number of anilines is 2. The largest absolute Gasteiger partial charge is 0.497 e. The molecule has 1 aromatic heterocycles. The SMILES string of the molecule is COc1cccc(N2C[C@H](C(=O)Nc3nnc(SCC(=O)c4ccccc4)s3)CC2=O)c1. The van der Waals surface area contributed by atoms with Gasteiger partial charge in [0.15, 0.2) is 10.1 Å². The minimum Gasteiger partial charge on any atom is -0.497 e. The minimum atomic E-state index is -0.492. The second-order valence-electron chi connectivity index (χ2n) is 7.05. The molecular formula is C22H20N4O4S2. The standard InChI is InChI=1S/C22H20N4O4S2/c1-30-17-9-5-8-16(11-17)26-12-15(10-19(26)28)20(29)23-21-24-25-22(32-21)31-13-18(27)14-6-3-2-4-7-14/h2-9,11,15H,10,12-13H2,1H3,(H,23,24,29)/t15-/m1/s1. The molecule has 0 unspecified atom stereocenters. The molecule has 32 heavy (non-hydrogen) atoms. The zero-order valence-corrected chi connectivity index (χ0v) is 18.8. The van der Waals surface area contributed by atoms with E-state index in [-0.39, 0.29) is 36.3 Å². The number of nitrogens with zero attached hydrogens (tertiary/aromatic N) is 3. The van der Waals surface area contributed by atoms with E-state index in [0.717, 1.165) is 0 Å². The van der Waals surface area contributed by atoms with Gasteiger partial charge in [0.2, 0.25) is 16.9 Å². The zero-order chi connectivity index (χ0) is 22.5. The lowest BCUT2D eigenvalue weighted by Crippen LogP contribution is -2.28. The molecule has 4 rings (SSSR count). The first-order chi connectivity index (χ1) is 15.5. The molecule has 1 aliphatic rings. The average Bonchev–Trinajstić information content (AvgIpc) is 3.44. The van der Waals surface area contributed by atoms with Crippen LogP contribution in [0.4, 0.5) is 10.8 Å². The predicted molar refractivity (Wildman–Crippen MR) is 123 cm³/mol. The molecule has 1 atom stereocenters. The number of amides is 2. The molecule has 1 N–H and O–H groups in total. The van der Waals surface area contributed by atoms with Crippen molar-refractivity contribution in [1.82, 2.24) is 10.2 Å². The average molecular weight is 469 g/mol. The fourth-order valence-corrected chi connectivity index (χ4v) is 4.92. The van der Waals surface area contributed by atoms with Gasteiger partial charge in [-0.15, -0.1) is 10.2 Å². The second-order valence-corrected chi connectivity index (χ2v) is 9.25. The Labute approximate surface area is 193 Å². The highest BCUT2D eigenvalue weighted by Gasteiger charge is 2.35. The Hall–Kier alpha value is -3.24. The van der Waals surface area contributed by atoms with Gasteiger partial charge in [0.25, 0.3) is 0 Å². The van der Waals surface area contributed by atoms with Gasteiger partial charge in [-0.25, -0.2) is 0 Å². The lowest BCUT2D eigenvalue weighted by Gasteiger charge is -2.17. The maximum Gasteiger partial charge on any atom is 0.231 e. The van der Waals surface area contributed by atoms with Crippen molar-refractivity contribution in [3.05, 3.63) is 60.2 Å². The monoisotopic (exact) mass is 468 g/mol. The van der Waals surface area contributed by atoms with Crippen LogP contribution in [0.2, 0.25) is 0 Å². The van der Waals surface area contributed by atoms with Crippen LogP contribution < -0.4 is 15.0 Å². The molecule has 0 radical (unpaired) electrons. The van der Waals surface area contributed by atoms with Crippen molar-refractivity contribution < 1.29 is 19.1 Å². The van der Waals surface area contributed by atoms with Gasteiger partial charge >= 0.3 is 0 Å². The van der Waals surface area contributed by atoms with Crippen LogP contribution in [0.15, 0.2) is 58.9 Å². The van der Waals surface area contributed by atoms with Gasteiger partial charge < -0.3 is 15.0 Å². The Balaban J connectivity index is 1.32. The van der Waals surface area contributed by atoms with E-state index >= 15 is 0 Å². The quantitative estimate of drug-likeness (QED) is 0.307. The summed E-state index contributed by atoms with van der Waals surface area (Å²) in [6.07, 6.45) is 0.120. The summed E-state index contributed by atoms with van der Waals surface area (Å²) < 4.78 is 5.80. The lowest BCUT2D eigenvalue weighted by atomic mass is 10.1. The number of carbonyl (C=O) groups excluding carboxylic acids is 3. The third-order valence-electron chi connectivity index (χ3n) is 4.92. The molecule has 1 aliphatic heterocycles. The van der Waals surface area contributed by atoms with E-state index in [1.54, 1.807) is 42.3 Å². The van der Waals surface area contributed by atoms with Gasteiger partial charge in [-0.05, 0) is 12.1 Å². The first kappa shape index (κ1) is 22.0. The molecule has 3 aromatic rings. The molecule has 0 bridgehead atoms. The highest BCUT2D eigenvalue weighted by molar-refractivity contribution is 8.01. The van der Waals surface area contributed by atoms with Crippen LogP contribution >= 0.6 is 23.1 Å². The van der Waals surface area contributed by atoms with E-state index < -0.39 is 5.92 Å². The molecule has 0 saturated carbocycles. The Kier molecular flexibility index (Phi) is 6.81. The van der Waals surface area contributed by atoms with Crippen LogP contribution in [0.1, 0.15) is 16.8 Å². The summed E-state index contributed by atoms with van der Waals surface area (Å²) in [6.45, 7) is 0.282. The number of hydrogen-bond donors (Lipinski definition) is 1. The number of benzene rings is 2. The molecule has 0 spiro atoms. The van der Waals surface area contributed by atoms with Crippen LogP contribution in [0.5, 0.6) is 5.75 Å². The van der Waals surface area contributed by atoms with Crippen molar-refractivity contribution in [1.29, 1.82) is 0 Å². The van der Waals surface area contributed by atoms with Crippen LogP contribution in [0.3, 0.4) is 0 Å². The molecule has 2 aromatic carbocycles. The number of carbonyl (C=O) groups is 3. The molecule has 1 saturated heterocycles. The lowest BCUT2D eigenvalue weighted by molar-refractivity contribution is -0.122. The van der Waals surface area contributed by atoms with Crippen molar-refractivity contribution in [2.45, 2.75) is 10.8 Å². The number of ketones is 1. The normalized spacial score (nSPS) is 15.6. The number of nitrogens with one attached hydrogen (secondary N) is 1. The molecule has 2 amide bonds. The molecule has 1 fully saturated rings. The number of thioether (sulfide) groups is 1. The molecule has 2 heterocycles. The van der Waals surface area contributed by atoms with E-state index in [1.807, 2.05) is 24.3 Å². The maximum atomic E-state index is 12.7. The molecule has 8 nitrogen and oxygen atoms in total. The number of methoxy groups -OCH3 is 1. The van der Waals surface area contributed by atoms with Crippen LogP contribution in [-0.2, 0) is 9.59 Å². The van der Waals surface area contributed by atoms with Crippen molar-refractivity contribution in [2.24, 2.45) is 5.92 Å². The number of Topliss-reactive ketones (excluding diaryl/α,β-unsaturated/α-hetero) is 1. The Morgan fingerprint density at radius 3 is 2.78 bits per heavy atom. The number of rotatable bonds is 8. The predicted octanol–water partition coefficient (Wildman–Crippen LogP) is 3.51. The van der Waals surface area contributed by atoms with Gasteiger partial charge in [0.1, 0.15) is 5.75 Å². The summed E-state index contributed by atoms with van der Waals surface area (Å²) in [4.78, 5) is 38.9. The van der Waals surface area contributed by atoms with Crippen LogP contribution in [0.25, 0.3) is 0 Å². The Morgan fingerprint density at radius 1 is 1.19 bits per heavy atom. The van der Waals surface area contributed by atoms with Crippen LogP contribution in [0, 0.1) is 5.92 Å². The van der Waals surface area contributed by atoms with Gasteiger partial charge in [-0.3, -0.25) is 14.4 Å². The highest BCUT2D eigenvalue weighted by Crippen LogP contribution is 2.30. The third-order valence-corrected chi connectivity index (χ3v) is 6.89. The second kappa shape index (κ2) is 9.92. The molecular weight excluding hydrogens is 448 g/mol. The summed E-state index contributed by atoms with van der Waals surface area (Å²) in [7, 11) is 1.56.